The maximum Gasteiger partial charge on any atom is 0.203 e. The van der Waals surface area contributed by atoms with Crippen LogP contribution >= 0.6 is 11.5 Å². The van der Waals surface area contributed by atoms with E-state index in [9.17, 15) is 8.42 Å². The van der Waals surface area contributed by atoms with Gasteiger partial charge < -0.3 is 5.32 Å². The van der Waals surface area contributed by atoms with Crippen LogP contribution in [0.3, 0.4) is 0 Å². The fourth-order valence-corrected chi connectivity index (χ4v) is 4.59. The molecule has 0 amide bonds. The monoisotopic (exact) mass is 429 g/mol. The molecule has 0 aliphatic heterocycles. The predicted octanol–water partition coefficient (Wildman–Crippen LogP) is 5.06. The van der Waals surface area contributed by atoms with Gasteiger partial charge in [0.2, 0.25) is 5.13 Å². The summed E-state index contributed by atoms with van der Waals surface area (Å²) < 4.78 is 28.7. The molecule has 0 aliphatic rings. The summed E-state index contributed by atoms with van der Waals surface area (Å²) in [5.41, 5.74) is 4.12. The van der Waals surface area contributed by atoms with Crippen LogP contribution in [0.5, 0.6) is 0 Å². The zero-order chi connectivity index (χ0) is 21.4. The van der Waals surface area contributed by atoms with Crippen LogP contribution in [-0.2, 0) is 15.3 Å². The standard InChI is InChI=1S/C22H27N3O2S2/c1-14-10-11-18(15(2)12-14)19(16-8-7-9-17(13-16)29(6,26)27)23-21-24-20(25-28-21)22(3,4)5/h7-13,19H,1-6H3,(H,23,24,25). The molecule has 154 valence electrons. The van der Waals surface area contributed by atoms with Crippen molar-refractivity contribution >= 4 is 26.5 Å². The number of hydrogen-bond acceptors (Lipinski definition) is 6. The molecule has 3 rings (SSSR count). The normalized spacial score (nSPS) is 13.3. The summed E-state index contributed by atoms with van der Waals surface area (Å²) in [6, 6.07) is 13.1. The predicted molar refractivity (Wildman–Crippen MR) is 120 cm³/mol. The SMILES string of the molecule is Cc1ccc(C(Nc2nc(C(C)(C)C)ns2)c2cccc(S(C)(=O)=O)c2)c(C)c1. The van der Waals surface area contributed by atoms with Crippen molar-refractivity contribution in [3.05, 3.63) is 70.5 Å². The molecular formula is C22H27N3O2S2. The minimum Gasteiger partial charge on any atom is -0.349 e. The van der Waals surface area contributed by atoms with Crippen molar-refractivity contribution in [1.29, 1.82) is 0 Å². The molecule has 0 radical (unpaired) electrons. The van der Waals surface area contributed by atoms with Crippen LogP contribution in [0.25, 0.3) is 0 Å². The number of nitrogens with zero attached hydrogens (tertiary/aromatic N) is 2. The van der Waals surface area contributed by atoms with Gasteiger partial charge in [0.25, 0.3) is 0 Å². The lowest BCUT2D eigenvalue weighted by Crippen LogP contribution is -2.16. The smallest absolute Gasteiger partial charge is 0.203 e. The fraction of sp³-hybridized carbons (Fsp3) is 0.364. The minimum atomic E-state index is -3.30. The Labute approximate surface area is 177 Å². The molecule has 1 heterocycles. The van der Waals surface area contributed by atoms with E-state index in [1.165, 1.54) is 23.4 Å². The first-order valence-electron chi connectivity index (χ1n) is 9.43. The molecular weight excluding hydrogens is 402 g/mol. The lowest BCUT2D eigenvalue weighted by Gasteiger charge is -2.22. The van der Waals surface area contributed by atoms with Gasteiger partial charge in [-0.1, -0.05) is 56.7 Å². The van der Waals surface area contributed by atoms with E-state index < -0.39 is 9.84 Å². The first-order chi connectivity index (χ1) is 13.4. The van der Waals surface area contributed by atoms with Crippen LogP contribution in [0.1, 0.15) is 54.9 Å². The quantitative estimate of drug-likeness (QED) is 0.614. The Hall–Kier alpha value is -2.25. The maximum absolute atomic E-state index is 12.1. The highest BCUT2D eigenvalue weighted by Crippen LogP contribution is 2.32. The van der Waals surface area contributed by atoms with Gasteiger partial charge in [0.1, 0.15) is 5.82 Å². The highest BCUT2D eigenvalue weighted by molar-refractivity contribution is 7.90. The van der Waals surface area contributed by atoms with E-state index in [0.29, 0.717) is 10.0 Å². The molecule has 0 saturated heterocycles. The van der Waals surface area contributed by atoms with Crippen LogP contribution in [0.2, 0.25) is 0 Å². The molecule has 2 aromatic carbocycles. The summed E-state index contributed by atoms with van der Waals surface area (Å²) in [6.07, 6.45) is 1.23. The molecule has 0 bridgehead atoms. The molecule has 0 spiro atoms. The summed E-state index contributed by atoms with van der Waals surface area (Å²) in [4.78, 5) is 4.97. The second-order valence-electron chi connectivity index (χ2n) is 8.46. The molecule has 0 fully saturated rings. The summed E-state index contributed by atoms with van der Waals surface area (Å²) in [5, 5.41) is 4.21. The average Bonchev–Trinajstić information content (AvgIpc) is 3.09. The summed E-state index contributed by atoms with van der Waals surface area (Å²) in [6.45, 7) is 10.4. The number of aryl methyl sites for hydroxylation is 2. The third kappa shape index (κ3) is 5.03. The van der Waals surface area contributed by atoms with E-state index in [2.05, 4.69) is 67.5 Å². The number of hydrogen-bond donors (Lipinski definition) is 1. The van der Waals surface area contributed by atoms with E-state index in [-0.39, 0.29) is 11.5 Å². The van der Waals surface area contributed by atoms with Gasteiger partial charge >= 0.3 is 0 Å². The van der Waals surface area contributed by atoms with Crippen LogP contribution in [0.15, 0.2) is 47.4 Å². The highest BCUT2D eigenvalue weighted by Gasteiger charge is 2.23. The van der Waals surface area contributed by atoms with Gasteiger partial charge in [-0.2, -0.15) is 4.37 Å². The van der Waals surface area contributed by atoms with Gasteiger partial charge in [-0.15, -0.1) is 0 Å². The number of aromatic nitrogens is 2. The van der Waals surface area contributed by atoms with E-state index in [4.69, 9.17) is 0 Å². The van der Waals surface area contributed by atoms with Gasteiger partial charge in [0.15, 0.2) is 9.84 Å². The molecule has 5 nitrogen and oxygen atoms in total. The molecule has 1 N–H and O–H groups in total. The van der Waals surface area contributed by atoms with Crippen molar-refractivity contribution in [2.75, 3.05) is 11.6 Å². The van der Waals surface area contributed by atoms with Gasteiger partial charge in [-0.25, -0.2) is 13.4 Å². The topological polar surface area (TPSA) is 72.0 Å². The number of sulfone groups is 1. The largest absolute Gasteiger partial charge is 0.349 e. The number of rotatable bonds is 5. The number of anilines is 1. The lowest BCUT2D eigenvalue weighted by molar-refractivity contribution is 0.555. The molecule has 0 saturated carbocycles. The van der Waals surface area contributed by atoms with E-state index in [1.807, 2.05) is 6.07 Å². The van der Waals surface area contributed by atoms with Crippen LogP contribution < -0.4 is 5.32 Å². The Morgan fingerprint density at radius 3 is 2.38 bits per heavy atom. The van der Waals surface area contributed by atoms with Gasteiger partial charge in [0.05, 0.1) is 10.9 Å². The molecule has 3 aromatic rings. The average molecular weight is 430 g/mol. The van der Waals surface area contributed by atoms with E-state index in [0.717, 1.165) is 22.5 Å². The van der Waals surface area contributed by atoms with Crippen LogP contribution in [0.4, 0.5) is 5.13 Å². The Kier molecular flexibility index (Phi) is 5.83. The van der Waals surface area contributed by atoms with Gasteiger partial charge in [-0.05, 0) is 42.7 Å². The van der Waals surface area contributed by atoms with Gasteiger partial charge in [-0.3, -0.25) is 0 Å². The molecule has 7 heteroatoms. The van der Waals surface area contributed by atoms with Crippen molar-refractivity contribution < 1.29 is 8.42 Å². The second kappa shape index (κ2) is 7.88. The molecule has 1 aromatic heterocycles. The summed E-state index contributed by atoms with van der Waals surface area (Å²) in [7, 11) is -3.30. The second-order valence-corrected chi connectivity index (χ2v) is 11.2. The van der Waals surface area contributed by atoms with Crippen molar-refractivity contribution in [3.63, 3.8) is 0 Å². The van der Waals surface area contributed by atoms with Crippen molar-refractivity contribution in [2.24, 2.45) is 0 Å². The molecule has 1 unspecified atom stereocenters. The lowest BCUT2D eigenvalue weighted by atomic mass is 9.94. The van der Waals surface area contributed by atoms with E-state index >= 15 is 0 Å². The molecule has 29 heavy (non-hydrogen) atoms. The minimum absolute atomic E-state index is 0.137. The Morgan fingerprint density at radius 2 is 1.79 bits per heavy atom. The molecule has 0 aliphatic carbocycles. The maximum atomic E-state index is 12.1. The third-order valence-electron chi connectivity index (χ3n) is 4.72. The van der Waals surface area contributed by atoms with E-state index in [1.54, 1.807) is 18.2 Å². The van der Waals surface area contributed by atoms with Crippen molar-refractivity contribution in [3.8, 4) is 0 Å². The van der Waals surface area contributed by atoms with Crippen LogP contribution in [-0.4, -0.2) is 24.0 Å². The first-order valence-corrected chi connectivity index (χ1v) is 12.1. The van der Waals surface area contributed by atoms with Gasteiger partial charge in [0, 0.05) is 23.2 Å². The first kappa shape index (κ1) is 21.5. The van der Waals surface area contributed by atoms with Crippen molar-refractivity contribution in [1.82, 2.24) is 9.36 Å². The Bertz CT molecular complexity index is 1130. The highest BCUT2D eigenvalue weighted by atomic mass is 32.2. The fourth-order valence-electron chi connectivity index (χ4n) is 3.13. The summed E-state index contributed by atoms with van der Waals surface area (Å²) >= 11 is 1.32. The van der Waals surface area contributed by atoms with Crippen molar-refractivity contribution in [2.45, 2.75) is 51.0 Å². The number of benzene rings is 2. The zero-order valence-corrected chi connectivity index (χ0v) is 19.3. The number of nitrogens with one attached hydrogen (secondary N) is 1. The zero-order valence-electron chi connectivity index (χ0n) is 17.6. The Morgan fingerprint density at radius 1 is 1.07 bits per heavy atom. The Balaban J connectivity index is 2.09. The summed E-state index contributed by atoms with van der Waals surface area (Å²) in [5.74, 6) is 0.786. The molecule has 1 atom stereocenters. The third-order valence-corrected chi connectivity index (χ3v) is 6.48. The van der Waals surface area contributed by atoms with Crippen LogP contribution in [0, 0.1) is 13.8 Å².